The van der Waals surface area contributed by atoms with Crippen LogP contribution in [0.2, 0.25) is 0 Å². The molecule has 0 radical (unpaired) electrons. The molecule has 0 aromatic heterocycles. The molecule has 1 rings (SSSR count). The number of sulfonamides is 1. The van der Waals surface area contributed by atoms with Crippen molar-refractivity contribution in [2.24, 2.45) is 4.99 Å². The minimum absolute atomic E-state index is 0. The van der Waals surface area contributed by atoms with Crippen molar-refractivity contribution in [3.8, 4) is 0 Å². The molecule has 0 aliphatic heterocycles. The fraction of sp³-hybridized carbons (Fsp3) is 0.923. The van der Waals surface area contributed by atoms with E-state index in [4.69, 9.17) is 0 Å². The van der Waals surface area contributed by atoms with Crippen LogP contribution in [0.25, 0.3) is 0 Å². The number of hydrogen-bond donors (Lipinski definition) is 3. The van der Waals surface area contributed by atoms with E-state index in [9.17, 15) is 8.42 Å². The topological polar surface area (TPSA) is 82.6 Å². The van der Waals surface area contributed by atoms with Gasteiger partial charge >= 0.3 is 0 Å². The molecular formula is C13H29IN4O2S. The summed E-state index contributed by atoms with van der Waals surface area (Å²) in [4.78, 5) is 4.20. The number of nitrogens with zero attached hydrogens (tertiary/aromatic N) is 1. The lowest BCUT2D eigenvalue weighted by atomic mass is 9.96. The van der Waals surface area contributed by atoms with Gasteiger partial charge in [-0.2, -0.15) is 0 Å². The van der Waals surface area contributed by atoms with E-state index in [0.717, 1.165) is 12.4 Å². The summed E-state index contributed by atoms with van der Waals surface area (Å²) < 4.78 is 25.0. The lowest BCUT2D eigenvalue weighted by Gasteiger charge is -2.24. The summed E-state index contributed by atoms with van der Waals surface area (Å²) >= 11 is 0. The molecule has 3 N–H and O–H groups in total. The fourth-order valence-electron chi connectivity index (χ4n) is 2.26. The van der Waals surface area contributed by atoms with Crippen molar-refractivity contribution in [2.75, 3.05) is 25.9 Å². The quantitative estimate of drug-likeness (QED) is 0.246. The zero-order valence-electron chi connectivity index (χ0n) is 13.0. The van der Waals surface area contributed by atoms with Gasteiger partial charge in [0.05, 0.1) is 5.75 Å². The minimum atomic E-state index is -3.07. The van der Waals surface area contributed by atoms with E-state index in [1.807, 2.05) is 0 Å². The Labute approximate surface area is 146 Å². The van der Waals surface area contributed by atoms with Crippen LogP contribution in [0.3, 0.4) is 0 Å². The van der Waals surface area contributed by atoms with Gasteiger partial charge in [-0.25, -0.2) is 13.1 Å². The molecule has 0 atom stereocenters. The number of rotatable bonds is 7. The summed E-state index contributed by atoms with van der Waals surface area (Å²) in [6.07, 6.45) is 7.06. The molecule has 0 heterocycles. The summed E-state index contributed by atoms with van der Waals surface area (Å²) in [7, 11) is -1.31. The summed E-state index contributed by atoms with van der Waals surface area (Å²) in [6.45, 7) is 2.80. The molecule has 21 heavy (non-hydrogen) atoms. The Bertz CT molecular complexity index is 395. The zero-order chi connectivity index (χ0) is 14.8. The van der Waals surface area contributed by atoms with Gasteiger partial charge in [0.1, 0.15) is 0 Å². The van der Waals surface area contributed by atoms with Crippen molar-refractivity contribution >= 4 is 40.0 Å². The Hall–Kier alpha value is -0.0900. The van der Waals surface area contributed by atoms with Crippen LogP contribution in [-0.4, -0.2) is 46.3 Å². The summed E-state index contributed by atoms with van der Waals surface area (Å²) in [5.41, 5.74) is 0. The number of aliphatic imine (C=N–C) groups is 1. The second-order valence-electron chi connectivity index (χ2n) is 5.13. The molecule has 1 saturated carbocycles. The van der Waals surface area contributed by atoms with Crippen molar-refractivity contribution in [3.63, 3.8) is 0 Å². The molecule has 126 valence electrons. The monoisotopic (exact) mass is 432 g/mol. The molecule has 1 aliphatic carbocycles. The van der Waals surface area contributed by atoms with Crippen LogP contribution in [0, 0.1) is 0 Å². The van der Waals surface area contributed by atoms with Gasteiger partial charge in [-0.1, -0.05) is 19.3 Å². The van der Waals surface area contributed by atoms with Gasteiger partial charge in [0, 0.05) is 26.2 Å². The van der Waals surface area contributed by atoms with Crippen LogP contribution in [-0.2, 0) is 10.0 Å². The van der Waals surface area contributed by atoms with Crippen LogP contribution in [0.1, 0.15) is 45.4 Å². The van der Waals surface area contributed by atoms with Crippen LogP contribution < -0.4 is 15.4 Å². The predicted octanol–water partition coefficient (Wildman–Crippen LogP) is 1.43. The second kappa shape index (κ2) is 11.5. The van der Waals surface area contributed by atoms with Crippen LogP contribution in [0.15, 0.2) is 4.99 Å². The predicted molar refractivity (Wildman–Crippen MR) is 98.9 cm³/mol. The first-order valence-corrected chi connectivity index (χ1v) is 9.17. The van der Waals surface area contributed by atoms with Crippen molar-refractivity contribution in [3.05, 3.63) is 0 Å². The second-order valence-corrected chi connectivity index (χ2v) is 7.23. The molecule has 0 bridgehead atoms. The van der Waals surface area contributed by atoms with Crippen LogP contribution in [0.5, 0.6) is 0 Å². The lowest BCUT2D eigenvalue weighted by molar-refractivity contribution is 0.410. The highest BCUT2D eigenvalue weighted by atomic mass is 127. The number of hydrogen-bond acceptors (Lipinski definition) is 3. The highest BCUT2D eigenvalue weighted by Crippen LogP contribution is 2.17. The van der Waals surface area contributed by atoms with Crippen molar-refractivity contribution in [1.82, 2.24) is 15.4 Å². The Balaban J connectivity index is 0.00000400. The van der Waals surface area contributed by atoms with Crippen molar-refractivity contribution in [2.45, 2.75) is 51.5 Å². The standard InChI is InChI=1S/C13H28N4O2S.HI/c1-3-20(18,19)16-11-7-10-15-13(14-2)17-12-8-5-4-6-9-12;/h12,16H,3-11H2,1-2H3,(H2,14,15,17);1H. The van der Waals surface area contributed by atoms with Gasteiger partial charge < -0.3 is 10.6 Å². The fourth-order valence-corrected chi connectivity index (χ4v) is 2.92. The molecule has 0 aromatic rings. The molecule has 0 aromatic carbocycles. The Kier molecular flexibility index (Phi) is 11.4. The first kappa shape index (κ1) is 20.9. The molecule has 0 saturated heterocycles. The number of nitrogens with one attached hydrogen (secondary N) is 3. The molecule has 1 aliphatic rings. The summed E-state index contributed by atoms with van der Waals surface area (Å²) in [5, 5.41) is 6.65. The Morgan fingerprint density at radius 1 is 1.19 bits per heavy atom. The molecule has 0 spiro atoms. The van der Waals surface area contributed by atoms with Gasteiger partial charge in [-0.3, -0.25) is 4.99 Å². The highest BCUT2D eigenvalue weighted by Gasteiger charge is 2.14. The first-order chi connectivity index (χ1) is 9.57. The van der Waals surface area contributed by atoms with Crippen LogP contribution in [0.4, 0.5) is 0 Å². The van der Waals surface area contributed by atoms with Gasteiger partial charge in [0.2, 0.25) is 10.0 Å². The van der Waals surface area contributed by atoms with E-state index < -0.39 is 10.0 Å². The zero-order valence-corrected chi connectivity index (χ0v) is 16.2. The average Bonchev–Trinajstić information content (AvgIpc) is 2.46. The van der Waals surface area contributed by atoms with Gasteiger partial charge in [0.15, 0.2) is 5.96 Å². The third-order valence-corrected chi connectivity index (χ3v) is 4.92. The Morgan fingerprint density at radius 2 is 1.86 bits per heavy atom. The number of halogens is 1. The summed E-state index contributed by atoms with van der Waals surface area (Å²) in [5.74, 6) is 0.945. The van der Waals surface area contributed by atoms with Gasteiger partial charge in [-0.05, 0) is 26.2 Å². The van der Waals surface area contributed by atoms with Gasteiger partial charge in [-0.15, -0.1) is 24.0 Å². The molecule has 0 unspecified atom stereocenters. The smallest absolute Gasteiger partial charge is 0.211 e. The maximum Gasteiger partial charge on any atom is 0.211 e. The molecule has 6 nitrogen and oxygen atoms in total. The van der Waals surface area contributed by atoms with E-state index >= 15 is 0 Å². The Morgan fingerprint density at radius 3 is 2.43 bits per heavy atom. The SMILES string of the molecule is CCS(=O)(=O)NCCCNC(=NC)NC1CCCCC1.I. The van der Waals surface area contributed by atoms with E-state index in [0.29, 0.717) is 19.1 Å². The van der Waals surface area contributed by atoms with Gasteiger partial charge in [0.25, 0.3) is 0 Å². The molecule has 0 amide bonds. The lowest BCUT2D eigenvalue weighted by Crippen LogP contribution is -2.44. The third-order valence-electron chi connectivity index (χ3n) is 3.52. The first-order valence-electron chi connectivity index (χ1n) is 7.52. The normalized spacial score (nSPS) is 17.1. The van der Waals surface area contributed by atoms with Crippen LogP contribution >= 0.6 is 24.0 Å². The molecule has 8 heteroatoms. The van der Waals surface area contributed by atoms with E-state index in [-0.39, 0.29) is 29.7 Å². The average molecular weight is 432 g/mol. The third kappa shape index (κ3) is 9.51. The van der Waals surface area contributed by atoms with E-state index in [2.05, 4.69) is 20.3 Å². The molecular weight excluding hydrogens is 403 g/mol. The number of guanidine groups is 1. The minimum Gasteiger partial charge on any atom is -0.356 e. The molecule has 1 fully saturated rings. The van der Waals surface area contributed by atoms with E-state index in [1.165, 1.54) is 32.1 Å². The highest BCUT2D eigenvalue weighted by molar-refractivity contribution is 14.0. The maximum atomic E-state index is 11.2. The maximum absolute atomic E-state index is 11.2. The van der Waals surface area contributed by atoms with E-state index in [1.54, 1.807) is 14.0 Å². The summed E-state index contributed by atoms with van der Waals surface area (Å²) in [6, 6.07) is 0.522. The van der Waals surface area contributed by atoms with Crippen molar-refractivity contribution < 1.29 is 8.42 Å². The largest absolute Gasteiger partial charge is 0.356 e. The van der Waals surface area contributed by atoms with Crippen molar-refractivity contribution in [1.29, 1.82) is 0 Å².